The van der Waals surface area contributed by atoms with Crippen molar-refractivity contribution in [2.45, 2.75) is 62.6 Å². The van der Waals surface area contributed by atoms with Gasteiger partial charge >= 0.3 is 0 Å². The Kier molecular flexibility index (Phi) is 7.95. The van der Waals surface area contributed by atoms with Crippen LogP contribution in [0.25, 0.3) is 0 Å². The molecule has 1 unspecified atom stereocenters. The van der Waals surface area contributed by atoms with Crippen LogP contribution in [0.5, 0.6) is 5.75 Å². The van der Waals surface area contributed by atoms with E-state index in [1.165, 1.54) is 35.7 Å². The van der Waals surface area contributed by atoms with E-state index in [9.17, 15) is 18.0 Å². The van der Waals surface area contributed by atoms with Crippen molar-refractivity contribution in [3.63, 3.8) is 0 Å². The lowest BCUT2D eigenvalue weighted by Crippen LogP contribution is -2.56. The lowest BCUT2D eigenvalue weighted by molar-refractivity contribution is -0.117. The molecule has 1 aliphatic rings. The first-order chi connectivity index (χ1) is 16.8. The molecule has 0 radical (unpaired) electrons. The highest BCUT2D eigenvalue weighted by molar-refractivity contribution is 7.89. The Morgan fingerprint density at radius 1 is 1.14 bits per heavy atom. The highest BCUT2D eigenvalue weighted by atomic mass is 32.2. The first kappa shape index (κ1) is 27.4. The zero-order valence-electron chi connectivity index (χ0n) is 21.5. The number of carbonyl (C=O) groups is 2. The van der Waals surface area contributed by atoms with Crippen LogP contribution in [0.4, 0.5) is 0 Å². The van der Waals surface area contributed by atoms with E-state index in [0.717, 1.165) is 5.56 Å². The van der Waals surface area contributed by atoms with Crippen molar-refractivity contribution in [3.8, 4) is 5.75 Å². The molecule has 1 aliphatic heterocycles. The Bertz CT molecular complexity index is 1240. The number of rotatable bonds is 9. The largest absolute Gasteiger partial charge is 0.496 e. The highest BCUT2D eigenvalue weighted by Crippen LogP contribution is 2.45. The molecule has 194 valence electrons. The van der Waals surface area contributed by atoms with Gasteiger partial charge in [0.2, 0.25) is 15.9 Å². The topological polar surface area (TPSA) is 105 Å². The van der Waals surface area contributed by atoms with Crippen LogP contribution in [-0.4, -0.2) is 55.3 Å². The van der Waals surface area contributed by atoms with Crippen molar-refractivity contribution in [2.24, 2.45) is 0 Å². The quantitative estimate of drug-likeness (QED) is 0.501. The van der Waals surface area contributed by atoms with Gasteiger partial charge in [-0.1, -0.05) is 36.9 Å². The van der Waals surface area contributed by atoms with Crippen molar-refractivity contribution < 1.29 is 22.7 Å². The number of sulfonamides is 1. The third-order valence-electron chi connectivity index (χ3n) is 6.63. The fourth-order valence-corrected chi connectivity index (χ4v) is 7.21. The van der Waals surface area contributed by atoms with E-state index in [-0.39, 0.29) is 28.0 Å². The van der Waals surface area contributed by atoms with Crippen LogP contribution < -0.4 is 15.4 Å². The van der Waals surface area contributed by atoms with E-state index in [0.29, 0.717) is 19.4 Å². The molecule has 1 saturated heterocycles. The Hall–Kier alpha value is -3.17. The molecule has 1 heterocycles. The minimum Gasteiger partial charge on any atom is -0.496 e. The zero-order valence-corrected chi connectivity index (χ0v) is 22.3. The number of benzene rings is 2. The van der Waals surface area contributed by atoms with Crippen LogP contribution in [-0.2, 0) is 21.2 Å². The fraction of sp³-hybridized carbons (Fsp3) is 0.407. The SMILES string of the molecule is C=CC(=O)NC1CC(C)(C)N(S(=O)(=O)c2ccc(C(=O)NCCc3ccccc3)c(OC)c2)C1(C)C. The summed E-state index contributed by atoms with van der Waals surface area (Å²) in [5.41, 5.74) is -0.339. The standard InChI is InChI=1S/C27H35N3O5S/c1-7-24(31)29-23-18-26(2,3)30(27(23,4)5)36(33,34)20-13-14-21(22(17-20)35-6)25(32)28-16-15-19-11-9-8-10-12-19/h7-14,17,23H,1,15-16,18H2,2-6H3,(H,28,32)(H,29,31). The Balaban J connectivity index is 1.85. The third-order valence-corrected chi connectivity index (χ3v) is 8.92. The van der Waals surface area contributed by atoms with E-state index in [2.05, 4.69) is 17.2 Å². The second kappa shape index (κ2) is 10.4. The predicted molar refractivity (Wildman–Crippen MR) is 139 cm³/mol. The van der Waals surface area contributed by atoms with Crippen molar-refractivity contribution in [1.29, 1.82) is 0 Å². The molecule has 0 spiro atoms. The van der Waals surface area contributed by atoms with Gasteiger partial charge in [-0.2, -0.15) is 4.31 Å². The van der Waals surface area contributed by atoms with Crippen LogP contribution in [0.15, 0.2) is 66.1 Å². The maximum Gasteiger partial charge on any atom is 0.255 e. The molecular weight excluding hydrogens is 478 g/mol. The number of nitrogens with one attached hydrogen (secondary N) is 2. The first-order valence-electron chi connectivity index (χ1n) is 11.8. The number of hydrogen-bond donors (Lipinski definition) is 2. The predicted octanol–water partition coefficient (Wildman–Crippen LogP) is 3.29. The van der Waals surface area contributed by atoms with E-state index in [1.54, 1.807) is 13.8 Å². The molecule has 2 N–H and O–H groups in total. The van der Waals surface area contributed by atoms with Crippen LogP contribution in [0.3, 0.4) is 0 Å². The van der Waals surface area contributed by atoms with Crippen molar-refractivity contribution in [3.05, 3.63) is 72.3 Å². The molecular formula is C27H35N3O5S. The van der Waals surface area contributed by atoms with Gasteiger partial charge in [0.15, 0.2) is 0 Å². The summed E-state index contributed by atoms with van der Waals surface area (Å²) in [6.07, 6.45) is 2.27. The lowest BCUT2D eigenvalue weighted by Gasteiger charge is -2.40. The van der Waals surface area contributed by atoms with E-state index in [4.69, 9.17) is 4.74 Å². The fourth-order valence-electron chi connectivity index (χ4n) is 5.03. The average molecular weight is 514 g/mol. The van der Waals surface area contributed by atoms with Crippen LogP contribution in [0, 0.1) is 0 Å². The molecule has 0 aliphatic carbocycles. The summed E-state index contributed by atoms with van der Waals surface area (Å²) in [5, 5.41) is 5.73. The number of ether oxygens (including phenoxy) is 1. The van der Waals surface area contributed by atoms with E-state index in [1.807, 2.05) is 44.2 Å². The summed E-state index contributed by atoms with van der Waals surface area (Å²) < 4.78 is 34.6. The van der Waals surface area contributed by atoms with Gasteiger partial charge in [0, 0.05) is 24.2 Å². The lowest BCUT2D eigenvalue weighted by atomic mass is 9.94. The van der Waals surface area contributed by atoms with Crippen molar-refractivity contribution >= 4 is 21.8 Å². The molecule has 2 amide bonds. The molecule has 9 heteroatoms. The molecule has 0 aromatic heterocycles. The summed E-state index contributed by atoms with van der Waals surface area (Å²) in [5.74, 6) is -0.534. The van der Waals surface area contributed by atoms with Gasteiger partial charge in [-0.25, -0.2) is 8.42 Å². The summed E-state index contributed by atoms with van der Waals surface area (Å²) in [7, 11) is -2.61. The number of amides is 2. The number of methoxy groups -OCH3 is 1. The summed E-state index contributed by atoms with van der Waals surface area (Å²) in [6, 6.07) is 13.7. The van der Waals surface area contributed by atoms with E-state index < -0.39 is 27.1 Å². The monoisotopic (exact) mass is 513 g/mol. The molecule has 36 heavy (non-hydrogen) atoms. The zero-order chi connectivity index (χ0) is 26.7. The van der Waals surface area contributed by atoms with Crippen LogP contribution in [0.1, 0.15) is 50.0 Å². The molecule has 0 saturated carbocycles. The van der Waals surface area contributed by atoms with Crippen LogP contribution in [0.2, 0.25) is 0 Å². The van der Waals surface area contributed by atoms with Gasteiger partial charge in [-0.05, 0) is 64.3 Å². The van der Waals surface area contributed by atoms with Gasteiger partial charge in [0.25, 0.3) is 5.91 Å². The Morgan fingerprint density at radius 3 is 2.42 bits per heavy atom. The van der Waals surface area contributed by atoms with Gasteiger partial charge in [-0.15, -0.1) is 0 Å². The Labute approximate surface area is 213 Å². The maximum absolute atomic E-state index is 13.9. The second-order valence-electron chi connectivity index (χ2n) is 10.1. The molecule has 3 rings (SSSR count). The molecule has 8 nitrogen and oxygen atoms in total. The summed E-state index contributed by atoms with van der Waals surface area (Å²) in [4.78, 5) is 24.8. The number of carbonyl (C=O) groups excluding carboxylic acids is 2. The summed E-state index contributed by atoms with van der Waals surface area (Å²) >= 11 is 0. The smallest absolute Gasteiger partial charge is 0.255 e. The highest BCUT2D eigenvalue weighted by Gasteiger charge is 2.57. The minimum atomic E-state index is -4.01. The van der Waals surface area contributed by atoms with Gasteiger partial charge in [0.05, 0.1) is 23.1 Å². The van der Waals surface area contributed by atoms with E-state index >= 15 is 0 Å². The molecule has 1 fully saturated rings. The minimum absolute atomic E-state index is 0.0111. The van der Waals surface area contributed by atoms with Crippen molar-refractivity contribution in [1.82, 2.24) is 14.9 Å². The molecule has 2 aromatic rings. The second-order valence-corrected chi connectivity index (χ2v) is 11.8. The van der Waals surface area contributed by atoms with Gasteiger partial charge in [0.1, 0.15) is 5.75 Å². The average Bonchev–Trinajstić information content (AvgIpc) is 3.01. The van der Waals surface area contributed by atoms with Crippen LogP contribution >= 0.6 is 0 Å². The number of hydrogen-bond acceptors (Lipinski definition) is 5. The van der Waals surface area contributed by atoms with Crippen molar-refractivity contribution in [2.75, 3.05) is 13.7 Å². The summed E-state index contributed by atoms with van der Waals surface area (Å²) in [6.45, 7) is 11.2. The molecule has 0 bridgehead atoms. The van der Waals surface area contributed by atoms with Gasteiger partial charge < -0.3 is 15.4 Å². The third kappa shape index (κ3) is 5.47. The Morgan fingerprint density at radius 2 is 1.81 bits per heavy atom. The molecule has 2 aromatic carbocycles. The van der Waals surface area contributed by atoms with Gasteiger partial charge in [-0.3, -0.25) is 9.59 Å². The maximum atomic E-state index is 13.9. The number of nitrogens with zero attached hydrogens (tertiary/aromatic N) is 1. The normalized spacial score (nSPS) is 18.9. The molecule has 1 atom stereocenters. The first-order valence-corrected chi connectivity index (χ1v) is 13.3.